The molecule has 0 saturated carbocycles. The summed E-state index contributed by atoms with van der Waals surface area (Å²) >= 11 is 1.35. The topological polar surface area (TPSA) is 85.3 Å². The van der Waals surface area contributed by atoms with Crippen molar-refractivity contribution in [3.63, 3.8) is 0 Å². The van der Waals surface area contributed by atoms with Crippen LogP contribution < -0.4 is 10.9 Å². The van der Waals surface area contributed by atoms with Crippen LogP contribution in [0.25, 0.3) is 27.3 Å². The van der Waals surface area contributed by atoms with E-state index in [1.807, 2.05) is 48.5 Å². The molecule has 0 bridgehead atoms. The summed E-state index contributed by atoms with van der Waals surface area (Å²) in [5.41, 5.74) is 1.31. The normalized spacial score (nSPS) is 11.2. The monoisotopic (exact) mass is 361 g/mol. The van der Waals surface area contributed by atoms with Crippen LogP contribution in [0.3, 0.4) is 0 Å². The summed E-state index contributed by atoms with van der Waals surface area (Å²) in [5, 5.41) is 17.4. The van der Waals surface area contributed by atoms with E-state index in [-0.39, 0.29) is 0 Å². The van der Waals surface area contributed by atoms with Gasteiger partial charge in [-0.25, -0.2) is 4.79 Å². The van der Waals surface area contributed by atoms with Crippen LogP contribution in [0.2, 0.25) is 0 Å². The van der Waals surface area contributed by atoms with E-state index in [0.29, 0.717) is 27.1 Å². The number of fused-ring (bicyclic) bond motifs is 2. The average Bonchev–Trinajstić information content (AvgIpc) is 3.22. The highest BCUT2D eigenvalue weighted by molar-refractivity contribution is 7.20. The SMILES string of the molecule is O=c1oc2ccccc2cc1-c1nnc2sc(Nc3ccccc3)nn12. The number of hydrogen-bond acceptors (Lipinski definition) is 7. The molecule has 8 heteroatoms. The Labute approximate surface area is 150 Å². The van der Waals surface area contributed by atoms with Crippen molar-refractivity contribution in [2.75, 3.05) is 5.32 Å². The van der Waals surface area contributed by atoms with Crippen LogP contribution in [-0.2, 0) is 0 Å². The molecule has 5 aromatic rings. The standard InChI is InChI=1S/C18H11N5O2S/c24-16-13(10-11-6-4-5-9-14(11)25-16)15-20-21-18-23(15)22-17(26-18)19-12-7-2-1-3-8-12/h1-10H,(H,19,22). The van der Waals surface area contributed by atoms with E-state index in [9.17, 15) is 4.79 Å². The zero-order valence-corrected chi connectivity index (χ0v) is 14.1. The summed E-state index contributed by atoms with van der Waals surface area (Å²) in [5.74, 6) is 0.358. The average molecular weight is 361 g/mol. The van der Waals surface area contributed by atoms with Gasteiger partial charge in [0.2, 0.25) is 10.1 Å². The van der Waals surface area contributed by atoms with Gasteiger partial charge in [-0.3, -0.25) is 0 Å². The summed E-state index contributed by atoms with van der Waals surface area (Å²) in [7, 11) is 0. The number of aromatic nitrogens is 4. The van der Waals surface area contributed by atoms with Crippen LogP contribution in [0.5, 0.6) is 0 Å². The van der Waals surface area contributed by atoms with Crippen molar-refractivity contribution in [2.24, 2.45) is 0 Å². The highest BCUT2D eigenvalue weighted by Crippen LogP contribution is 2.26. The summed E-state index contributed by atoms with van der Waals surface area (Å²) in [6.45, 7) is 0. The molecule has 7 nitrogen and oxygen atoms in total. The van der Waals surface area contributed by atoms with Gasteiger partial charge in [0.25, 0.3) is 0 Å². The van der Waals surface area contributed by atoms with E-state index >= 15 is 0 Å². The predicted molar refractivity (Wildman–Crippen MR) is 99.9 cm³/mol. The summed E-state index contributed by atoms with van der Waals surface area (Å²) < 4.78 is 6.94. The minimum Gasteiger partial charge on any atom is -0.422 e. The first kappa shape index (κ1) is 14.8. The van der Waals surface area contributed by atoms with Gasteiger partial charge in [0.15, 0.2) is 5.82 Å². The number of anilines is 2. The highest BCUT2D eigenvalue weighted by Gasteiger charge is 2.17. The number of nitrogens with zero attached hydrogens (tertiary/aromatic N) is 4. The van der Waals surface area contributed by atoms with Crippen molar-refractivity contribution in [3.05, 3.63) is 71.1 Å². The summed E-state index contributed by atoms with van der Waals surface area (Å²) in [6.07, 6.45) is 0. The van der Waals surface area contributed by atoms with E-state index in [0.717, 1.165) is 11.1 Å². The van der Waals surface area contributed by atoms with Gasteiger partial charge in [0.05, 0.1) is 0 Å². The molecule has 5 rings (SSSR count). The highest BCUT2D eigenvalue weighted by atomic mass is 32.1. The first-order valence-electron chi connectivity index (χ1n) is 7.85. The number of benzene rings is 2. The third-order valence-corrected chi connectivity index (χ3v) is 4.71. The number of rotatable bonds is 3. The van der Waals surface area contributed by atoms with Crippen molar-refractivity contribution in [1.82, 2.24) is 19.8 Å². The molecule has 3 heterocycles. The van der Waals surface area contributed by atoms with Gasteiger partial charge in [-0.1, -0.05) is 47.7 Å². The van der Waals surface area contributed by atoms with Gasteiger partial charge in [-0.15, -0.1) is 15.3 Å². The smallest absolute Gasteiger partial charge is 0.347 e. The van der Waals surface area contributed by atoms with Gasteiger partial charge < -0.3 is 9.73 Å². The van der Waals surface area contributed by atoms with Crippen LogP contribution >= 0.6 is 11.3 Å². The molecule has 26 heavy (non-hydrogen) atoms. The molecule has 0 amide bonds. The molecular formula is C18H11N5O2S. The number of para-hydroxylation sites is 2. The second-order valence-corrected chi connectivity index (χ2v) is 6.56. The quantitative estimate of drug-likeness (QED) is 0.493. The molecule has 126 valence electrons. The molecule has 0 unspecified atom stereocenters. The Bertz CT molecular complexity index is 1290. The van der Waals surface area contributed by atoms with Crippen LogP contribution in [0, 0.1) is 0 Å². The zero-order chi connectivity index (χ0) is 17.5. The zero-order valence-electron chi connectivity index (χ0n) is 13.3. The maximum absolute atomic E-state index is 12.4. The molecule has 0 aliphatic carbocycles. The van der Waals surface area contributed by atoms with Crippen LogP contribution in [0.4, 0.5) is 10.8 Å². The van der Waals surface area contributed by atoms with Gasteiger partial charge in [0, 0.05) is 11.1 Å². The Morgan fingerprint density at radius 2 is 1.81 bits per heavy atom. The maximum Gasteiger partial charge on any atom is 0.347 e. The van der Waals surface area contributed by atoms with E-state index in [1.54, 1.807) is 16.6 Å². The molecule has 0 radical (unpaired) electrons. The molecule has 0 saturated heterocycles. The van der Waals surface area contributed by atoms with E-state index in [4.69, 9.17) is 4.42 Å². The fourth-order valence-electron chi connectivity index (χ4n) is 2.70. The first-order chi connectivity index (χ1) is 12.8. The fraction of sp³-hybridized carbons (Fsp3) is 0. The van der Waals surface area contributed by atoms with Crippen LogP contribution in [0.1, 0.15) is 0 Å². The lowest BCUT2D eigenvalue weighted by Gasteiger charge is -2.01. The molecule has 0 atom stereocenters. The predicted octanol–water partition coefficient (Wildman–Crippen LogP) is 3.70. The molecular weight excluding hydrogens is 350 g/mol. The summed E-state index contributed by atoms with van der Waals surface area (Å²) in [4.78, 5) is 13.0. The molecule has 0 aliphatic heterocycles. The fourth-order valence-corrected chi connectivity index (χ4v) is 3.46. The lowest BCUT2D eigenvalue weighted by molar-refractivity contribution is 0.562. The van der Waals surface area contributed by atoms with Gasteiger partial charge in [-0.2, -0.15) is 4.52 Å². The molecule has 3 aromatic heterocycles. The lowest BCUT2D eigenvalue weighted by atomic mass is 10.2. The maximum atomic E-state index is 12.4. The third-order valence-electron chi connectivity index (χ3n) is 3.90. The largest absolute Gasteiger partial charge is 0.422 e. The Morgan fingerprint density at radius 1 is 1.00 bits per heavy atom. The molecule has 0 aliphatic rings. The van der Waals surface area contributed by atoms with Crippen molar-refractivity contribution in [1.29, 1.82) is 0 Å². The van der Waals surface area contributed by atoms with E-state index < -0.39 is 5.63 Å². The molecule has 2 aromatic carbocycles. The first-order valence-corrected chi connectivity index (χ1v) is 8.67. The van der Waals surface area contributed by atoms with Crippen molar-refractivity contribution in [3.8, 4) is 11.4 Å². The Kier molecular flexibility index (Phi) is 3.29. The van der Waals surface area contributed by atoms with Crippen molar-refractivity contribution < 1.29 is 4.42 Å². The minimum atomic E-state index is -0.469. The van der Waals surface area contributed by atoms with E-state index in [2.05, 4.69) is 20.6 Å². The summed E-state index contributed by atoms with van der Waals surface area (Å²) in [6, 6.07) is 18.8. The van der Waals surface area contributed by atoms with Gasteiger partial charge in [-0.05, 0) is 24.3 Å². The molecule has 0 fully saturated rings. The number of hydrogen-bond donors (Lipinski definition) is 1. The lowest BCUT2D eigenvalue weighted by Crippen LogP contribution is -2.06. The van der Waals surface area contributed by atoms with Crippen molar-refractivity contribution >= 4 is 38.1 Å². The molecule has 0 spiro atoms. The second-order valence-electron chi connectivity index (χ2n) is 5.60. The Balaban J connectivity index is 1.61. The molecule has 1 N–H and O–H groups in total. The minimum absolute atomic E-state index is 0.327. The number of nitrogens with one attached hydrogen (secondary N) is 1. The van der Waals surface area contributed by atoms with Crippen LogP contribution in [-0.4, -0.2) is 19.8 Å². The van der Waals surface area contributed by atoms with E-state index in [1.165, 1.54) is 11.3 Å². The van der Waals surface area contributed by atoms with Crippen LogP contribution in [0.15, 0.2) is 69.9 Å². The Hall–Kier alpha value is -3.52. The van der Waals surface area contributed by atoms with Crippen molar-refractivity contribution in [2.45, 2.75) is 0 Å². The van der Waals surface area contributed by atoms with Gasteiger partial charge >= 0.3 is 5.63 Å². The van der Waals surface area contributed by atoms with Gasteiger partial charge in [0.1, 0.15) is 11.1 Å². The third kappa shape index (κ3) is 2.44. The second kappa shape index (κ2) is 5.78. The Morgan fingerprint density at radius 3 is 2.69 bits per heavy atom.